The molecular weight excluding hydrogens is 273 g/mol. The van der Waals surface area contributed by atoms with Crippen LogP contribution in [0.1, 0.15) is 6.42 Å². The van der Waals surface area contributed by atoms with Gasteiger partial charge in [0.05, 0.1) is 15.9 Å². The molecule has 0 radical (unpaired) electrons. The van der Waals surface area contributed by atoms with Gasteiger partial charge >= 0.3 is 0 Å². The highest BCUT2D eigenvalue weighted by Crippen LogP contribution is 2.30. The number of carbonyl (C=O) groups is 2. The van der Waals surface area contributed by atoms with E-state index >= 15 is 0 Å². The van der Waals surface area contributed by atoms with Crippen molar-refractivity contribution in [2.24, 2.45) is 5.73 Å². The molecule has 4 nitrogen and oxygen atoms in total. The third-order valence-corrected chi connectivity index (χ3v) is 2.51. The van der Waals surface area contributed by atoms with Gasteiger partial charge in [-0.1, -0.05) is 11.6 Å². The van der Waals surface area contributed by atoms with Crippen LogP contribution in [0.5, 0.6) is 0 Å². The fraction of sp³-hybridized carbons (Fsp3) is 0.250. The summed E-state index contributed by atoms with van der Waals surface area (Å²) in [5, 5.41) is 9.64. The Labute approximate surface area is 93.5 Å². The number of aliphatic hydroxyl groups is 1. The monoisotopic (exact) mass is 279 g/mol. The maximum atomic E-state index is 11.2. The maximum Gasteiger partial charge on any atom is 0.220 e. The van der Waals surface area contributed by atoms with Crippen molar-refractivity contribution in [2.75, 3.05) is 0 Å². The predicted molar refractivity (Wildman–Crippen MR) is 54.7 cm³/mol. The number of amides is 1. The van der Waals surface area contributed by atoms with Crippen molar-refractivity contribution >= 4 is 39.2 Å². The van der Waals surface area contributed by atoms with E-state index in [1.54, 1.807) is 0 Å². The Morgan fingerprint density at radius 2 is 2.21 bits per heavy atom. The molecule has 0 aromatic carbocycles. The minimum atomic E-state index is -1.57. The zero-order valence-corrected chi connectivity index (χ0v) is 9.30. The third kappa shape index (κ3) is 2.43. The summed E-state index contributed by atoms with van der Waals surface area (Å²) in [6.07, 6.45) is 1.99. The van der Waals surface area contributed by atoms with E-state index in [9.17, 15) is 14.7 Å². The lowest BCUT2D eigenvalue weighted by Crippen LogP contribution is -2.33. The second-order valence-corrected chi connectivity index (χ2v) is 4.21. The Morgan fingerprint density at radius 1 is 1.64 bits per heavy atom. The Kier molecular flexibility index (Phi) is 3.14. The molecule has 0 heterocycles. The van der Waals surface area contributed by atoms with Gasteiger partial charge in [-0.15, -0.1) is 0 Å². The number of hydrogen-bond acceptors (Lipinski definition) is 3. The van der Waals surface area contributed by atoms with Crippen LogP contribution in [0.15, 0.2) is 21.7 Å². The standard InChI is InChI=1S/C8H7BrClNO3/c9-4-1-8(14,3-6(11)12)2-5(10)7(4)13/h1-2,14H,3H2,(H2,11,12)/t8-/m1/s1. The summed E-state index contributed by atoms with van der Waals surface area (Å²) in [5.41, 5.74) is 3.36. The summed E-state index contributed by atoms with van der Waals surface area (Å²) in [5.74, 6) is -1.11. The topological polar surface area (TPSA) is 80.4 Å². The second kappa shape index (κ2) is 3.84. The van der Waals surface area contributed by atoms with E-state index in [0.717, 1.165) is 6.08 Å². The number of carbonyl (C=O) groups excluding carboxylic acids is 2. The molecule has 0 aliphatic heterocycles. The number of Topliss-reactive ketones (excluding diaryl/α,β-unsaturated/α-hetero) is 1. The lowest BCUT2D eigenvalue weighted by molar-refractivity contribution is -0.120. The van der Waals surface area contributed by atoms with Gasteiger partial charge in [-0.3, -0.25) is 9.59 Å². The fourth-order valence-corrected chi connectivity index (χ4v) is 2.12. The maximum absolute atomic E-state index is 11.2. The van der Waals surface area contributed by atoms with Crippen molar-refractivity contribution in [3.05, 3.63) is 21.7 Å². The normalized spacial score (nSPS) is 26.9. The molecule has 0 aromatic heterocycles. The first kappa shape index (κ1) is 11.4. The largest absolute Gasteiger partial charge is 0.381 e. The van der Waals surface area contributed by atoms with Gasteiger partial charge in [0.25, 0.3) is 0 Å². The average Bonchev–Trinajstić information content (AvgIpc) is 1.97. The van der Waals surface area contributed by atoms with Crippen molar-refractivity contribution in [1.82, 2.24) is 0 Å². The quantitative estimate of drug-likeness (QED) is 0.776. The molecule has 76 valence electrons. The zero-order chi connectivity index (χ0) is 10.9. The number of rotatable bonds is 2. The third-order valence-electron chi connectivity index (χ3n) is 1.64. The number of allylic oxidation sites excluding steroid dienone is 2. The minimum Gasteiger partial charge on any atom is -0.381 e. The summed E-state index contributed by atoms with van der Waals surface area (Å²) in [4.78, 5) is 21.8. The first-order chi connectivity index (χ1) is 6.34. The summed E-state index contributed by atoms with van der Waals surface area (Å²) >= 11 is 8.49. The first-order valence-corrected chi connectivity index (χ1v) is 4.83. The van der Waals surface area contributed by atoms with E-state index in [2.05, 4.69) is 15.9 Å². The number of nitrogens with two attached hydrogens (primary N) is 1. The van der Waals surface area contributed by atoms with Crippen LogP contribution < -0.4 is 5.73 Å². The number of hydrogen-bond donors (Lipinski definition) is 2. The van der Waals surface area contributed by atoms with E-state index in [-0.39, 0.29) is 15.9 Å². The summed E-state index contributed by atoms with van der Waals surface area (Å²) in [6.45, 7) is 0. The van der Waals surface area contributed by atoms with Crippen molar-refractivity contribution < 1.29 is 14.7 Å². The fourth-order valence-electron chi connectivity index (χ4n) is 1.11. The van der Waals surface area contributed by atoms with Crippen molar-refractivity contribution in [1.29, 1.82) is 0 Å². The molecule has 1 aliphatic carbocycles. The van der Waals surface area contributed by atoms with Crippen LogP contribution in [0.25, 0.3) is 0 Å². The molecular formula is C8H7BrClNO3. The summed E-state index contributed by atoms with van der Waals surface area (Å²) in [7, 11) is 0. The van der Waals surface area contributed by atoms with Gasteiger partial charge < -0.3 is 10.8 Å². The Hall–Kier alpha value is -0.650. The molecule has 14 heavy (non-hydrogen) atoms. The van der Waals surface area contributed by atoms with Crippen molar-refractivity contribution in [3.8, 4) is 0 Å². The minimum absolute atomic E-state index is 0.119. The molecule has 0 saturated heterocycles. The average molecular weight is 281 g/mol. The highest BCUT2D eigenvalue weighted by Gasteiger charge is 2.32. The molecule has 1 atom stereocenters. The molecule has 0 unspecified atom stereocenters. The number of ketones is 1. The van der Waals surface area contributed by atoms with E-state index in [4.69, 9.17) is 17.3 Å². The van der Waals surface area contributed by atoms with Crippen LogP contribution in [0.4, 0.5) is 0 Å². The molecule has 0 bridgehead atoms. The Bertz CT molecular complexity index is 340. The molecule has 0 aromatic rings. The Morgan fingerprint density at radius 3 is 2.64 bits per heavy atom. The van der Waals surface area contributed by atoms with E-state index in [0.29, 0.717) is 0 Å². The molecule has 0 saturated carbocycles. The zero-order valence-electron chi connectivity index (χ0n) is 6.96. The number of primary amides is 1. The lowest BCUT2D eigenvalue weighted by Gasteiger charge is -2.23. The van der Waals surface area contributed by atoms with Crippen LogP contribution in [0.2, 0.25) is 0 Å². The van der Waals surface area contributed by atoms with Crippen molar-refractivity contribution in [3.63, 3.8) is 0 Å². The van der Waals surface area contributed by atoms with E-state index in [1.807, 2.05) is 0 Å². The van der Waals surface area contributed by atoms with E-state index < -0.39 is 17.3 Å². The van der Waals surface area contributed by atoms with Crippen LogP contribution in [0, 0.1) is 0 Å². The van der Waals surface area contributed by atoms with E-state index in [1.165, 1.54) is 6.08 Å². The van der Waals surface area contributed by atoms with Gasteiger partial charge in [0.2, 0.25) is 11.7 Å². The molecule has 6 heteroatoms. The van der Waals surface area contributed by atoms with Crippen LogP contribution in [-0.4, -0.2) is 22.4 Å². The molecule has 0 spiro atoms. The van der Waals surface area contributed by atoms with Gasteiger partial charge in [-0.05, 0) is 28.1 Å². The molecule has 1 rings (SSSR count). The van der Waals surface area contributed by atoms with Gasteiger partial charge in [-0.2, -0.15) is 0 Å². The smallest absolute Gasteiger partial charge is 0.220 e. The predicted octanol–water partition coefficient (Wildman–Crippen LogP) is 0.577. The van der Waals surface area contributed by atoms with Crippen LogP contribution in [-0.2, 0) is 9.59 Å². The number of halogens is 2. The SMILES string of the molecule is NC(=O)C[C@]1(O)C=C(Cl)C(=O)C(Br)=C1. The first-order valence-electron chi connectivity index (χ1n) is 3.66. The van der Waals surface area contributed by atoms with Crippen LogP contribution >= 0.6 is 27.5 Å². The Balaban J connectivity index is 3.02. The van der Waals surface area contributed by atoms with Crippen molar-refractivity contribution in [2.45, 2.75) is 12.0 Å². The molecule has 1 aliphatic rings. The van der Waals surface area contributed by atoms with Gasteiger partial charge in [0.1, 0.15) is 5.60 Å². The lowest BCUT2D eigenvalue weighted by atomic mass is 9.93. The molecule has 3 N–H and O–H groups in total. The highest BCUT2D eigenvalue weighted by molar-refractivity contribution is 9.12. The summed E-state index contributed by atoms with van der Waals surface area (Å²) in [6, 6.07) is 0. The molecule has 0 fully saturated rings. The summed E-state index contributed by atoms with van der Waals surface area (Å²) < 4.78 is 0.119. The molecule has 1 amide bonds. The second-order valence-electron chi connectivity index (χ2n) is 2.95. The van der Waals surface area contributed by atoms with Gasteiger partial charge in [0, 0.05) is 0 Å². The van der Waals surface area contributed by atoms with Gasteiger partial charge in [-0.25, -0.2) is 0 Å². The van der Waals surface area contributed by atoms with Gasteiger partial charge in [0.15, 0.2) is 0 Å². The van der Waals surface area contributed by atoms with Crippen LogP contribution in [0.3, 0.4) is 0 Å². The highest BCUT2D eigenvalue weighted by atomic mass is 79.9.